The number of hydrogen-bond acceptors (Lipinski definition) is 4. The summed E-state index contributed by atoms with van der Waals surface area (Å²) in [5.74, 6) is 0.529. The van der Waals surface area contributed by atoms with E-state index in [0.29, 0.717) is 38.8 Å². The van der Waals surface area contributed by atoms with E-state index in [1.165, 1.54) is 0 Å². The minimum atomic E-state index is -3.23. The van der Waals surface area contributed by atoms with Gasteiger partial charge in [-0.2, -0.15) is 0 Å². The highest BCUT2D eigenvalue weighted by molar-refractivity contribution is 7.88. The third-order valence-electron chi connectivity index (χ3n) is 4.18. The highest BCUT2D eigenvalue weighted by Crippen LogP contribution is 2.22. The lowest BCUT2D eigenvalue weighted by atomic mass is 9.99. The Morgan fingerprint density at radius 1 is 1.22 bits per heavy atom. The zero-order valence-corrected chi connectivity index (χ0v) is 14.8. The van der Waals surface area contributed by atoms with Gasteiger partial charge in [-0.05, 0) is 31.2 Å². The molecule has 0 amide bonds. The monoisotopic (exact) mass is 341 g/mol. The Morgan fingerprint density at radius 2 is 1.96 bits per heavy atom. The van der Waals surface area contributed by atoms with Crippen LogP contribution in [0, 0.1) is 12.8 Å². The second-order valence-corrected chi connectivity index (χ2v) is 8.12. The van der Waals surface area contributed by atoms with Gasteiger partial charge in [-0.15, -0.1) is 0 Å². The number of rotatable bonds is 8. The van der Waals surface area contributed by atoms with E-state index in [9.17, 15) is 8.42 Å². The van der Waals surface area contributed by atoms with E-state index in [4.69, 9.17) is 9.47 Å². The van der Waals surface area contributed by atoms with Crippen molar-refractivity contribution in [2.45, 2.75) is 25.5 Å². The number of aryl methyl sites for hydroxylation is 1. The summed E-state index contributed by atoms with van der Waals surface area (Å²) in [5, 5.41) is 0. The van der Waals surface area contributed by atoms with E-state index in [1.807, 2.05) is 31.2 Å². The van der Waals surface area contributed by atoms with Crippen LogP contribution in [0.5, 0.6) is 0 Å². The first-order valence-electron chi connectivity index (χ1n) is 8.11. The first-order valence-corrected chi connectivity index (χ1v) is 9.72. The predicted molar refractivity (Wildman–Crippen MR) is 90.8 cm³/mol. The molecule has 1 aromatic carbocycles. The van der Waals surface area contributed by atoms with Crippen LogP contribution < -0.4 is 0 Å². The van der Waals surface area contributed by atoms with Crippen molar-refractivity contribution in [3.8, 4) is 0 Å². The molecule has 5 nitrogen and oxygen atoms in total. The molecule has 1 saturated heterocycles. The molecule has 1 heterocycles. The van der Waals surface area contributed by atoms with Gasteiger partial charge in [0.1, 0.15) is 0 Å². The minimum Gasteiger partial charge on any atom is -0.382 e. The van der Waals surface area contributed by atoms with Crippen LogP contribution in [0.1, 0.15) is 24.0 Å². The van der Waals surface area contributed by atoms with Crippen molar-refractivity contribution in [3.63, 3.8) is 0 Å². The average molecular weight is 341 g/mol. The largest absolute Gasteiger partial charge is 0.382 e. The van der Waals surface area contributed by atoms with Crippen LogP contribution in [0.2, 0.25) is 0 Å². The van der Waals surface area contributed by atoms with Crippen molar-refractivity contribution < 1.29 is 17.9 Å². The normalized spacial score (nSPS) is 17.5. The summed E-state index contributed by atoms with van der Waals surface area (Å²) < 4.78 is 37.2. The first kappa shape index (κ1) is 18.4. The van der Waals surface area contributed by atoms with Gasteiger partial charge in [0.05, 0.1) is 19.0 Å². The maximum absolute atomic E-state index is 12.6. The summed E-state index contributed by atoms with van der Waals surface area (Å²) >= 11 is 0. The molecular formula is C17H27NO4S. The van der Waals surface area contributed by atoms with Crippen LogP contribution in [0.25, 0.3) is 0 Å². The lowest BCUT2D eigenvalue weighted by Gasteiger charge is -2.31. The van der Waals surface area contributed by atoms with Gasteiger partial charge in [-0.25, -0.2) is 12.7 Å². The van der Waals surface area contributed by atoms with E-state index in [2.05, 4.69) is 0 Å². The fourth-order valence-corrected chi connectivity index (χ4v) is 4.40. The Balaban J connectivity index is 1.81. The molecule has 0 aromatic heterocycles. The molecule has 0 saturated carbocycles. The van der Waals surface area contributed by atoms with Gasteiger partial charge in [-0.3, -0.25) is 0 Å². The number of methoxy groups -OCH3 is 1. The number of ether oxygens (including phenoxy) is 2. The standard InChI is InChI=1S/C17H27NO4S/c1-15-4-3-5-17(12-15)14-23(19,20)18-8-6-16(7-9-18)13-22-11-10-21-2/h3-5,12,16H,6-11,13-14H2,1-2H3. The minimum absolute atomic E-state index is 0.0870. The molecular weight excluding hydrogens is 314 g/mol. The van der Waals surface area contributed by atoms with Crippen LogP contribution in [0.15, 0.2) is 24.3 Å². The second kappa shape index (κ2) is 8.78. The summed E-state index contributed by atoms with van der Waals surface area (Å²) in [6.07, 6.45) is 1.72. The maximum Gasteiger partial charge on any atom is 0.218 e. The summed E-state index contributed by atoms with van der Waals surface area (Å²) in [6, 6.07) is 7.70. The Kier molecular flexibility index (Phi) is 7.02. The van der Waals surface area contributed by atoms with Crippen molar-refractivity contribution in [2.24, 2.45) is 5.92 Å². The molecule has 6 heteroatoms. The van der Waals surface area contributed by atoms with E-state index < -0.39 is 10.0 Å². The molecule has 1 aliphatic rings. The quantitative estimate of drug-likeness (QED) is 0.680. The molecule has 0 radical (unpaired) electrons. The van der Waals surface area contributed by atoms with Crippen molar-refractivity contribution in [2.75, 3.05) is 40.0 Å². The Labute approximate surface area is 139 Å². The van der Waals surface area contributed by atoms with Crippen LogP contribution >= 0.6 is 0 Å². The van der Waals surface area contributed by atoms with Gasteiger partial charge in [0.25, 0.3) is 0 Å². The molecule has 0 atom stereocenters. The van der Waals surface area contributed by atoms with Crippen molar-refractivity contribution in [1.82, 2.24) is 4.31 Å². The molecule has 0 N–H and O–H groups in total. The van der Waals surface area contributed by atoms with Gasteiger partial charge in [0.15, 0.2) is 0 Å². The Hall–Kier alpha value is -0.950. The van der Waals surface area contributed by atoms with Crippen LogP contribution in [0.3, 0.4) is 0 Å². The number of hydrogen-bond donors (Lipinski definition) is 0. The van der Waals surface area contributed by atoms with E-state index in [0.717, 1.165) is 24.0 Å². The third-order valence-corrected chi connectivity index (χ3v) is 6.03. The van der Waals surface area contributed by atoms with Gasteiger partial charge in [0, 0.05) is 26.8 Å². The summed E-state index contributed by atoms with van der Waals surface area (Å²) in [6.45, 7) is 5.05. The van der Waals surface area contributed by atoms with Gasteiger partial charge >= 0.3 is 0 Å². The molecule has 130 valence electrons. The number of nitrogens with zero attached hydrogens (tertiary/aromatic N) is 1. The highest BCUT2D eigenvalue weighted by Gasteiger charge is 2.28. The van der Waals surface area contributed by atoms with E-state index >= 15 is 0 Å². The average Bonchev–Trinajstić information content (AvgIpc) is 2.52. The van der Waals surface area contributed by atoms with Gasteiger partial charge in [-0.1, -0.05) is 29.8 Å². The summed E-state index contributed by atoms with van der Waals surface area (Å²) in [4.78, 5) is 0. The molecule has 1 fully saturated rings. The lowest BCUT2D eigenvalue weighted by Crippen LogP contribution is -2.40. The Bertz CT molecular complexity index is 580. The molecule has 2 rings (SSSR count). The van der Waals surface area contributed by atoms with Gasteiger partial charge in [0.2, 0.25) is 10.0 Å². The zero-order chi connectivity index (χ0) is 16.7. The fraction of sp³-hybridized carbons (Fsp3) is 0.647. The molecule has 0 aliphatic carbocycles. The predicted octanol–water partition coefficient (Wildman–Crippen LogP) is 2.20. The lowest BCUT2D eigenvalue weighted by molar-refractivity contribution is 0.0410. The molecule has 0 spiro atoms. The molecule has 1 aromatic rings. The summed E-state index contributed by atoms with van der Waals surface area (Å²) in [7, 11) is -1.58. The van der Waals surface area contributed by atoms with Crippen molar-refractivity contribution in [3.05, 3.63) is 35.4 Å². The van der Waals surface area contributed by atoms with E-state index in [-0.39, 0.29) is 5.75 Å². The number of benzene rings is 1. The zero-order valence-electron chi connectivity index (χ0n) is 14.0. The summed E-state index contributed by atoms with van der Waals surface area (Å²) in [5.41, 5.74) is 1.94. The number of sulfonamides is 1. The smallest absolute Gasteiger partial charge is 0.218 e. The molecule has 23 heavy (non-hydrogen) atoms. The molecule has 0 unspecified atom stereocenters. The first-order chi connectivity index (χ1) is 11.0. The fourth-order valence-electron chi connectivity index (χ4n) is 2.85. The van der Waals surface area contributed by atoms with Gasteiger partial charge < -0.3 is 9.47 Å². The Morgan fingerprint density at radius 3 is 2.61 bits per heavy atom. The number of piperidine rings is 1. The topological polar surface area (TPSA) is 55.8 Å². The SMILES string of the molecule is COCCOCC1CCN(S(=O)(=O)Cc2cccc(C)c2)CC1. The van der Waals surface area contributed by atoms with Crippen LogP contribution in [-0.2, 0) is 25.2 Å². The third kappa shape index (κ3) is 5.88. The molecule has 0 bridgehead atoms. The van der Waals surface area contributed by atoms with Crippen molar-refractivity contribution in [1.29, 1.82) is 0 Å². The van der Waals surface area contributed by atoms with Crippen LogP contribution in [0.4, 0.5) is 0 Å². The van der Waals surface area contributed by atoms with Crippen LogP contribution in [-0.4, -0.2) is 52.7 Å². The second-order valence-electron chi connectivity index (χ2n) is 6.16. The molecule has 1 aliphatic heterocycles. The van der Waals surface area contributed by atoms with E-state index in [1.54, 1.807) is 11.4 Å². The van der Waals surface area contributed by atoms with Crippen molar-refractivity contribution >= 4 is 10.0 Å². The maximum atomic E-state index is 12.6. The highest BCUT2D eigenvalue weighted by atomic mass is 32.2.